The smallest absolute Gasteiger partial charge is 0.324 e. The van der Waals surface area contributed by atoms with Crippen LogP contribution in [0.1, 0.15) is 42.9 Å². The molecule has 2 aromatic rings. The molecule has 0 aliphatic carbocycles. The summed E-state index contributed by atoms with van der Waals surface area (Å²) in [6, 6.07) is 14.2. The van der Waals surface area contributed by atoms with Gasteiger partial charge in [-0.3, -0.25) is 9.69 Å². The highest BCUT2D eigenvalue weighted by Gasteiger charge is 2.34. The van der Waals surface area contributed by atoms with Gasteiger partial charge in [0, 0.05) is 25.6 Å². The summed E-state index contributed by atoms with van der Waals surface area (Å²) in [5, 5.41) is 3.06. The number of anilines is 1. The van der Waals surface area contributed by atoms with Crippen molar-refractivity contribution >= 4 is 17.6 Å². The van der Waals surface area contributed by atoms with Gasteiger partial charge >= 0.3 is 6.03 Å². The number of urea groups is 1. The number of benzene rings is 2. The van der Waals surface area contributed by atoms with Crippen molar-refractivity contribution in [3.05, 3.63) is 59.2 Å². The molecule has 2 aliphatic rings. The van der Waals surface area contributed by atoms with Crippen LogP contribution in [-0.4, -0.2) is 42.6 Å². The Hall–Kier alpha value is -3.02. The predicted molar refractivity (Wildman–Crippen MR) is 126 cm³/mol. The average Bonchev–Trinajstić information content (AvgIpc) is 2.82. The van der Waals surface area contributed by atoms with Gasteiger partial charge in [-0.25, -0.2) is 4.79 Å². The van der Waals surface area contributed by atoms with E-state index in [1.54, 1.807) is 0 Å². The minimum Gasteiger partial charge on any atom is -0.486 e. The summed E-state index contributed by atoms with van der Waals surface area (Å²) in [5.74, 6) is 0.801. The van der Waals surface area contributed by atoms with Crippen LogP contribution in [0.4, 0.5) is 10.5 Å². The molecular weight excluding hydrogens is 402 g/mol. The molecule has 1 N–H and O–H groups in total. The Bertz CT molecular complexity index is 965. The maximum atomic E-state index is 13.4. The molecule has 1 atom stereocenters. The topological polar surface area (TPSA) is 61.9 Å². The van der Waals surface area contributed by atoms with E-state index in [0.29, 0.717) is 39.0 Å². The monoisotopic (exact) mass is 435 g/mol. The van der Waals surface area contributed by atoms with Gasteiger partial charge in [-0.05, 0) is 56.4 Å². The third-order valence-corrected chi connectivity index (χ3v) is 6.49. The number of fused-ring (bicyclic) bond motifs is 1. The Morgan fingerprint density at radius 3 is 2.41 bits per heavy atom. The first-order chi connectivity index (χ1) is 15.4. The highest BCUT2D eigenvalue weighted by atomic mass is 16.5. The quantitative estimate of drug-likeness (QED) is 0.773. The van der Waals surface area contributed by atoms with Crippen LogP contribution in [0.5, 0.6) is 5.75 Å². The summed E-state index contributed by atoms with van der Waals surface area (Å²) in [4.78, 5) is 29.8. The van der Waals surface area contributed by atoms with Crippen molar-refractivity contribution in [1.82, 2.24) is 10.2 Å². The molecule has 2 aromatic carbocycles. The highest BCUT2D eigenvalue weighted by Crippen LogP contribution is 2.36. The lowest BCUT2D eigenvalue weighted by Crippen LogP contribution is -2.52. The molecule has 0 spiro atoms. The summed E-state index contributed by atoms with van der Waals surface area (Å²) in [6.45, 7) is 8.44. The van der Waals surface area contributed by atoms with Crippen molar-refractivity contribution in [2.24, 2.45) is 5.92 Å². The summed E-state index contributed by atoms with van der Waals surface area (Å²) in [5.41, 5.74) is 4.26. The molecular formula is C26H33N3O3. The largest absolute Gasteiger partial charge is 0.486 e. The zero-order chi connectivity index (χ0) is 22.7. The Kier molecular flexibility index (Phi) is 6.68. The lowest BCUT2D eigenvalue weighted by Gasteiger charge is -2.39. The number of nitrogens with zero attached hydrogens (tertiary/aromatic N) is 2. The Balaban J connectivity index is 1.34. The van der Waals surface area contributed by atoms with Crippen LogP contribution in [0.3, 0.4) is 0 Å². The molecule has 2 aliphatic heterocycles. The number of carbonyl (C=O) groups is 2. The molecule has 2 heterocycles. The van der Waals surface area contributed by atoms with Crippen LogP contribution in [0.25, 0.3) is 0 Å². The number of ether oxygens (including phenoxy) is 1. The van der Waals surface area contributed by atoms with Gasteiger partial charge in [0.25, 0.3) is 0 Å². The fourth-order valence-corrected chi connectivity index (χ4v) is 4.39. The van der Waals surface area contributed by atoms with Crippen LogP contribution >= 0.6 is 0 Å². The average molecular weight is 436 g/mol. The molecule has 0 unspecified atom stereocenters. The van der Waals surface area contributed by atoms with Gasteiger partial charge in [0.2, 0.25) is 5.91 Å². The third-order valence-electron chi connectivity index (χ3n) is 6.49. The van der Waals surface area contributed by atoms with Gasteiger partial charge in [0.05, 0.1) is 12.2 Å². The number of nitrogens with one attached hydrogen (secondary N) is 1. The lowest BCUT2D eigenvalue weighted by molar-refractivity contribution is -0.126. The number of carbonyl (C=O) groups excluding carboxylic acids is 2. The van der Waals surface area contributed by atoms with Crippen molar-refractivity contribution in [1.29, 1.82) is 0 Å². The van der Waals surface area contributed by atoms with Crippen molar-refractivity contribution in [3.63, 3.8) is 0 Å². The molecule has 0 saturated carbocycles. The molecule has 1 saturated heterocycles. The van der Waals surface area contributed by atoms with E-state index in [1.165, 1.54) is 5.56 Å². The normalized spacial score (nSPS) is 18.7. The molecule has 6 nitrogen and oxygen atoms in total. The van der Waals surface area contributed by atoms with Crippen molar-refractivity contribution in [3.8, 4) is 5.75 Å². The summed E-state index contributed by atoms with van der Waals surface area (Å²) in [6.07, 6.45) is 2.22. The Morgan fingerprint density at radius 1 is 1.03 bits per heavy atom. The van der Waals surface area contributed by atoms with Crippen molar-refractivity contribution in [2.45, 2.75) is 52.7 Å². The van der Waals surface area contributed by atoms with Crippen LogP contribution in [-0.2, 0) is 11.3 Å². The minimum absolute atomic E-state index is 0.000697. The highest BCUT2D eigenvalue weighted by molar-refractivity contribution is 5.94. The zero-order valence-corrected chi connectivity index (χ0v) is 19.3. The van der Waals surface area contributed by atoms with E-state index in [2.05, 4.69) is 31.3 Å². The SMILES string of the molecule is CC[C@@H]1CN(C(=O)N2CCC(C(=O)NCc3ccc(C)cc3)CC2)c2cc(C)ccc2O1. The molecule has 170 valence electrons. The predicted octanol–water partition coefficient (Wildman–Crippen LogP) is 4.43. The Labute approximate surface area is 190 Å². The maximum absolute atomic E-state index is 13.4. The first-order valence-electron chi connectivity index (χ1n) is 11.6. The first-order valence-corrected chi connectivity index (χ1v) is 11.6. The number of rotatable bonds is 4. The van der Waals surface area contributed by atoms with Crippen LogP contribution in [0.15, 0.2) is 42.5 Å². The van der Waals surface area contributed by atoms with Gasteiger partial charge in [-0.2, -0.15) is 0 Å². The number of hydrogen-bond acceptors (Lipinski definition) is 3. The van der Waals surface area contributed by atoms with Crippen LogP contribution in [0.2, 0.25) is 0 Å². The zero-order valence-electron chi connectivity index (χ0n) is 19.3. The van der Waals surface area contributed by atoms with Gasteiger partial charge < -0.3 is 15.0 Å². The molecule has 1 fully saturated rings. The summed E-state index contributed by atoms with van der Waals surface area (Å²) in [7, 11) is 0. The van der Waals surface area contributed by atoms with Gasteiger partial charge in [-0.1, -0.05) is 42.8 Å². The standard InChI is InChI=1S/C26H33N3O3/c1-4-22-17-29(23-15-19(3)7-10-24(23)32-22)26(31)28-13-11-21(12-14-28)25(30)27-16-20-8-5-18(2)6-9-20/h5-10,15,21-22H,4,11-14,16-17H2,1-3H3,(H,27,30)/t22-/m1/s1. The van der Waals surface area contributed by atoms with Gasteiger partial charge in [0.15, 0.2) is 0 Å². The Morgan fingerprint density at radius 2 is 1.72 bits per heavy atom. The third kappa shape index (κ3) is 4.90. The molecule has 3 amide bonds. The minimum atomic E-state index is -0.0490. The van der Waals surface area contributed by atoms with Crippen molar-refractivity contribution < 1.29 is 14.3 Å². The summed E-state index contributed by atoms with van der Waals surface area (Å²) >= 11 is 0. The molecule has 4 rings (SSSR count). The molecule has 0 radical (unpaired) electrons. The fraction of sp³-hybridized carbons (Fsp3) is 0.462. The lowest BCUT2D eigenvalue weighted by atomic mass is 9.96. The van der Waals surface area contributed by atoms with Crippen LogP contribution < -0.4 is 15.0 Å². The van der Waals surface area contributed by atoms with Gasteiger partial charge in [0.1, 0.15) is 11.9 Å². The number of aryl methyl sites for hydroxylation is 2. The second-order valence-electron chi connectivity index (χ2n) is 8.98. The number of piperidine rings is 1. The first kappa shape index (κ1) is 22.2. The second-order valence-corrected chi connectivity index (χ2v) is 8.98. The molecule has 32 heavy (non-hydrogen) atoms. The molecule has 6 heteroatoms. The fourth-order valence-electron chi connectivity index (χ4n) is 4.39. The molecule has 0 aromatic heterocycles. The van der Waals surface area contributed by atoms with Gasteiger partial charge in [-0.15, -0.1) is 0 Å². The van der Waals surface area contributed by atoms with E-state index in [0.717, 1.165) is 29.0 Å². The van der Waals surface area contributed by atoms with E-state index in [4.69, 9.17) is 4.74 Å². The van der Waals surface area contributed by atoms with E-state index in [1.807, 2.05) is 47.1 Å². The van der Waals surface area contributed by atoms with E-state index >= 15 is 0 Å². The number of likely N-dealkylation sites (tertiary alicyclic amines) is 1. The van der Waals surface area contributed by atoms with Crippen molar-refractivity contribution in [2.75, 3.05) is 24.5 Å². The second kappa shape index (κ2) is 9.63. The molecule has 0 bridgehead atoms. The van der Waals surface area contributed by atoms with Crippen LogP contribution in [0, 0.1) is 19.8 Å². The number of amides is 3. The maximum Gasteiger partial charge on any atom is 0.324 e. The van der Waals surface area contributed by atoms with E-state index in [-0.39, 0.29) is 24.0 Å². The summed E-state index contributed by atoms with van der Waals surface area (Å²) < 4.78 is 6.06. The number of hydrogen-bond donors (Lipinski definition) is 1. The van der Waals surface area contributed by atoms with E-state index in [9.17, 15) is 9.59 Å². The van der Waals surface area contributed by atoms with E-state index < -0.39 is 0 Å².